The fourth-order valence-corrected chi connectivity index (χ4v) is 4.62. The van der Waals surface area contributed by atoms with E-state index in [-0.39, 0.29) is 6.61 Å². The lowest BCUT2D eigenvalue weighted by Crippen LogP contribution is -2.42. The van der Waals surface area contributed by atoms with Gasteiger partial charge in [0.05, 0.1) is 17.2 Å². The Morgan fingerprint density at radius 3 is 2.62 bits per heavy atom. The lowest BCUT2D eigenvalue weighted by atomic mass is 10.2. The molecule has 1 aliphatic rings. The maximum absolute atomic E-state index is 12.8. The molecule has 1 aliphatic heterocycles. The number of para-hydroxylation sites is 1. The molecule has 0 unspecified atom stereocenters. The number of imide groups is 1. The van der Waals surface area contributed by atoms with Crippen molar-refractivity contribution >= 4 is 50.9 Å². The first-order chi connectivity index (χ1) is 13.8. The number of benzene rings is 1. The normalized spacial score (nSPS) is 16.6. The van der Waals surface area contributed by atoms with Gasteiger partial charge in [0.15, 0.2) is 0 Å². The van der Waals surface area contributed by atoms with Crippen LogP contribution in [-0.2, 0) is 14.3 Å². The highest BCUT2D eigenvalue weighted by atomic mass is 79.9. The number of esters is 1. The van der Waals surface area contributed by atoms with Crippen molar-refractivity contribution in [3.05, 3.63) is 56.7 Å². The van der Waals surface area contributed by atoms with Crippen LogP contribution in [0.2, 0.25) is 0 Å². The van der Waals surface area contributed by atoms with Crippen molar-refractivity contribution in [3.8, 4) is 5.69 Å². The fourth-order valence-electron chi connectivity index (χ4n) is 3.26. The standard InChI is InChI=1S/C21H21BrN2O4S/c1-5-28-20(26)14(4)24-19(25)18(29-21(24)27)11-15-10-12(2)23(13(15)3)17-9-7-6-8-16(17)22/h6-11,14H,5H2,1-4H3/b18-11+/t14-/m0/s1. The quantitative estimate of drug-likeness (QED) is 0.455. The van der Waals surface area contributed by atoms with Gasteiger partial charge < -0.3 is 9.30 Å². The number of hydrogen-bond acceptors (Lipinski definition) is 5. The summed E-state index contributed by atoms with van der Waals surface area (Å²) in [5.41, 5.74) is 3.78. The monoisotopic (exact) mass is 476 g/mol. The topological polar surface area (TPSA) is 68.6 Å². The molecule has 152 valence electrons. The molecule has 2 heterocycles. The lowest BCUT2D eigenvalue weighted by Gasteiger charge is -2.19. The SMILES string of the molecule is CCOC(=O)[C@H](C)N1C(=O)S/C(=C/c2cc(C)n(-c3ccccc3Br)c2C)C1=O. The summed E-state index contributed by atoms with van der Waals surface area (Å²) < 4.78 is 7.98. The smallest absolute Gasteiger partial charge is 0.329 e. The Morgan fingerprint density at radius 2 is 1.97 bits per heavy atom. The number of carbonyl (C=O) groups is 3. The van der Waals surface area contributed by atoms with Crippen LogP contribution in [0.1, 0.15) is 30.8 Å². The van der Waals surface area contributed by atoms with Crippen LogP contribution in [-0.4, -0.2) is 39.2 Å². The van der Waals surface area contributed by atoms with Crippen molar-refractivity contribution in [1.29, 1.82) is 0 Å². The molecule has 2 aromatic rings. The Morgan fingerprint density at radius 1 is 1.28 bits per heavy atom. The van der Waals surface area contributed by atoms with Gasteiger partial charge in [-0.15, -0.1) is 0 Å². The molecule has 1 aromatic heterocycles. The average molecular weight is 477 g/mol. The molecule has 1 atom stereocenters. The molecule has 0 saturated carbocycles. The molecule has 1 aromatic carbocycles. The van der Waals surface area contributed by atoms with Crippen LogP contribution in [0.4, 0.5) is 4.79 Å². The van der Waals surface area contributed by atoms with Gasteiger partial charge in [0.2, 0.25) is 0 Å². The van der Waals surface area contributed by atoms with E-state index >= 15 is 0 Å². The Labute approximate surface area is 182 Å². The number of aryl methyl sites for hydroxylation is 1. The molecular weight excluding hydrogens is 456 g/mol. The summed E-state index contributed by atoms with van der Waals surface area (Å²) in [6, 6.07) is 8.89. The lowest BCUT2D eigenvalue weighted by molar-refractivity contribution is -0.150. The molecular formula is C21H21BrN2O4S. The molecule has 6 nitrogen and oxygen atoms in total. The summed E-state index contributed by atoms with van der Waals surface area (Å²) >= 11 is 4.41. The first kappa shape index (κ1) is 21.4. The van der Waals surface area contributed by atoms with E-state index < -0.39 is 23.2 Å². The van der Waals surface area contributed by atoms with Crippen LogP contribution in [0.3, 0.4) is 0 Å². The number of ether oxygens (including phenoxy) is 1. The zero-order chi connectivity index (χ0) is 21.3. The minimum atomic E-state index is -0.957. The number of thioether (sulfide) groups is 1. The van der Waals surface area contributed by atoms with Gasteiger partial charge in [-0.2, -0.15) is 0 Å². The van der Waals surface area contributed by atoms with Gasteiger partial charge in [-0.25, -0.2) is 4.79 Å². The highest BCUT2D eigenvalue weighted by Gasteiger charge is 2.41. The zero-order valence-electron chi connectivity index (χ0n) is 16.6. The maximum atomic E-state index is 12.8. The third-order valence-electron chi connectivity index (χ3n) is 4.69. The van der Waals surface area contributed by atoms with E-state index in [9.17, 15) is 14.4 Å². The third kappa shape index (κ3) is 4.04. The molecule has 0 aliphatic carbocycles. The fraction of sp³-hybridized carbons (Fsp3) is 0.286. The summed E-state index contributed by atoms with van der Waals surface area (Å²) in [7, 11) is 0. The molecule has 8 heteroatoms. The molecule has 1 fully saturated rings. The van der Waals surface area contributed by atoms with Gasteiger partial charge in [-0.05, 0) is 85.2 Å². The number of rotatable bonds is 5. The Hall–Kier alpha value is -2.32. The molecule has 0 bridgehead atoms. The van der Waals surface area contributed by atoms with E-state index in [0.29, 0.717) is 4.91 Å². The van der Waals surface area contributed by atoms with Crippen molar-refractivity contribution in [2.24, 2.45) is 0 Å². The molecule has 1 saturated heterocycles. The average Bonchev–Trinajstić information content (AvgIpc) is 3.10. The molecule has 29 heavy (non-hydrogen) atoms. The van der Waals surface area contributed by atoms with Crippen molar-refractivity contribution in [1.82, 2.24) is 9.47 Å². The Balaban J connectivity index is 1.95. The number of aromatic nitrogens is 1. The van der Waals surface area contributed by atoms with Crippen LogP contribution in [0.25, 0.3) is 11.8 Å². The predicted octanol–water partition coefficient (Wildman–Crippen LogP) is 4.84. The van der Waals surface area contributed by atoms with Crippen molar-refractivity contribution in [2.45, 2.75) is 33.7 Å². The number of carbonyl (C=O) groups excluding carboxylic acids is 3. The van der Waals surface area contributed by atoms with E-state index in [0.717, 1.165) is 43.8 Å². The molecule has 3 rings (SSSR count). The predicted molar refractivity (Wildman–Crippen MR) is 117 cm³/mol. The highest BCUT2D eigenvalue weighted by Crippen LogP contribution is 2.35. The maximum Gasteiger partial charge on any atom is 0.329 e. The summed E-state index contributed by atoms with van der Waals surface area (Å²) in [4.78, 5) is 38.4. The van der Waals surface area contributed by atoms with Crippen LogP contribution in [0.5, 0.6) is 0 Å². The van der Waals surface area contributed by atoms with Crippen molar-refractivity contribution < 1.29 is 19.1 Å². The first-order valence-electron chi connectivity index (χ1n) is 9.13. The molecule has 0 spiro atoms. The van der Waals surface area contributed by atoms with Gasteiger partial charge in [0, 0.05) is 15.9 Å². The van der Waals surface area contributed by atoms with E-state index in [1.165, 1.54) is 6.92 Å². The second-order valence-electron chi connectivity index (χ2n) is 6.59. The summed E-state index contributed by atoms with van der Waals surface area (Å²) in [6.07, 6.45) is 1.71. The van der Waals surface area contributed by atoms with E-state index in [1.807, 2.05) is 44.2 Å². The minimum Gasteiger partial charge on any atom is -0.464 e. The van der Waals surface area contributed by atoms with Gasteiger partial charge in [-0.3, -0.25) is 14.5 Å². The summed E-state index contributed by atoms with van der Waals surface area (Å²) in [5, 5.41) is -0.471. The summed E-state index contributed by atoms with van der Waals surface area (Å²) in [5.74, 6) is -1.07. The second kappa shape index (κ2) is 8.59. The number of hydrogen-bond donors (Lipinski definition) is 0. The molecule has 2 amide bonds. The number of halogens is 1. The molecule has 0 radical (unpaired) electrons. The van der Waals surface area contributed by atoms with Gasteiger partial charge in [0.25, 0.3) is 11.1 Å². The van der Waals surface area contributed by atoms with Crippen LogP contribution < -0.4 is 0 Å². The zero-order valence-corrected chi connectivity index (χ0v) is 19.0. The van der Waals surface area contributed by atoms with Gasteiger partial charge >= 0.3 is 5.97 Å². The van der Waals surface area contributed by atoms with Crippen LogP contribution in [0.15, 0.2) is 39.7 Å². The van der Waals surface area contributed by atoms with E-state index in [1.54, 1.807) is 13.0 Å². The van der Waals surface area contributed by atoms with Crippen molar-refractivity contribution in [2.75, 3.05) is 6.61 Å². The highest BCUT2D eigenvalue weighted by molar-refractivity contribution is 9.10. The van der Waals surface area contributed by atoms with Gasteiger partial charge in [0.1, 0.15) is 6.04 Å². The van der Waals surface area contributed by atoms with Gasteiger partial charge in [-0.1, -0.05) is 12.1 Å². The molecule has 0 N–H and O–H groups in total. The van der Waals surface area contributed by atoms with E-state index in [2.05, 4.69) is 20.5 Å². The number of nitrogens with zero attached hydrogens (tertiary/aromatic N) is 2. The van der Waals surface area contributed by atoms with Crippen LogP contribution in [0, 0.1) is 13.8 Å². The second-order valence-corrected chi connectivity index (χ2v) is 8.44. The summed E-state index contributed by atoms with van der Waals surface area (Å²) in [6.45, 7) is 7.31. The Kier molecular flexibility index (Phi) is 6.33. The third-order valence-corrected chi connectivity index (χ3v) is 6.24. The number of amides is 2. The minimum absolute atomic E-state index is 0.191. The van der Waals surface area contributed by atoms with Crippen molar-refractivity contribution in [3.63, 3.8) is 0 Å². The largest absolute Gasteiger partial charge is 0.464 e. The Bertz CT molecular complexity index is 1030. The van der Waals surface area contributed by atoms with Crippen LogP contribution >= 0.6 is 27.7 Å². The first-order valence-corrected chi connectivity index (χ1v) is 10.7. The van der Waals surface area contributed by atoms with E-state index in [4.69, 9.17) is 4.74 Å².